The predicted molar refractivity (Wildman–Crippen MR) is 108 cm³/mol. The van der Waals surface area contributed by atoms with Crippen molar-refractivity contribution in [3.8, 4) is 0 Å². The Bertz CT molecular complexity index is 1380. The Morgan fingerprint density at radius 3 is 2.61 bits per heavy atom. The molecule has 4 rings (SSSR count). The zero-order valence-corrected chi connectivity index (χ0v) is 15.7. The summed E-state index contributed by atoms with van der Waals surface area (Å²) >= 11 is 6.57. The molecule has 0 saturated heterocycles. The predicted octanol–water partition coefficient (Wildman–Crippen LogP) is 3.93. The SMILES string of the molecule is O=C(O)c1ccc(Cn2c(=S)[nH]c3c(sc4ccc([N+](=O)[O-])cc43)c2=O)cc1. The first-order chi connectivity index (χ1) is 13.3. The Morgan fingerprint density at radius 2 is 1.96 bits per heavy atom. The van der Waals surface area contributed by atoms with Crippen molar-refractivity contribution in [3.05, 3.63) is 78.8 Å². The first-order valence-electron chi connectivity index (χ1n) is 8.01. The number of thiophene rings is 1. The second-order valence-corrected chi connectivity index (χ2v) is 7.51. The minimum Gasteiger partial charge on any atom is -0.478 e. The van der Waals surface area contributed by atoms with Gasteiger partial charge in [-0.1, -0.05) is 12.1 Å². The second-order valence-electron chi connectivity index (χ2n) is 6.07. The first kappa shape index (κ1) is 18.0. The van der Waals surface area contributed by atoms with E-state index in [4.69, 9.17) is 17.3 Å². The summed E-state index contributed by atoms with van der Waals surface area (Å²) in [6.07, 6.45) is 0. The summed E-state index contributed by atoms with van der Waals surface area (Å²) < 4.78 is 2.74. The van der Waals surface area contributed by atoms with Crippen LogP contribution < -0.4 is 5.56 Å². The lowest BCUT2D eigenvalue weighted by Gasteiger charge is -2.07. The van der Waals surface area contributed by atoms with Crippen LogP contribution in [-0.2, 0) is 6.54 Å². The number of hydrogen-bond acceptors (Lipinski definition) is 6. The normalized spacial score (nSPS) is 11.1. The fraction of sp³-hybridized carbons (Fsp3) is 0.0556. The van der Waals surface area contributed by atoms with Gasteiger partial charge in [-0.3, -0.25) is 19.5 Å². The van der Waals surface area contributed by atoms with Gasteiger partial charge in [-0.05, 0) is 36.0 Å². The maximum atomic E-state index is 13.0. The number of nitro benzene ring substituents is 1. The molecule has 0 atom stereocenters. The molecule has 0 unspecified atom stereocenters. The van der Waals surface area contributed by atoms with Gasteiger partial charge in [0.1, 0.15) is 4.70 Å². The topological polar surface area (TPSA) is 118 Å². The van der Waals surface area contributed by atoms with Gasteiger partial charge in [-0.25, -0.2) is 4.79 Å². The van der Waals surface area contributed by atoms with Crippen molar-refractivity contribution in [1.29, 1.82) is 0 Å². The van der Waals surface area contributed by atoms with Crippen molar-refractivity contribution in [2.24, 2.45) is 0 Å². The molecule has 2 aromatic carbocycles. The van der Waals surface area contributed by atoms with Crippen LogP contribution in [0.15, 0.2) is 47.3 Å². The molecule has 0 radical (unpaired) electrons. The Hall–Kier alpha value is -3.37. The molecule has 0 amide bonds. The maximum absolute atomic E-state index is 13.0. The minimum atomic E-state index is -1.03. The van der Waals surface area contributed by atoms with Crippen LogP contribution in [0.4, 0.5) is 5.69 Å². The van der Waals surface area contributed by atoms with Gasteiger partial charge < -0.3 is 10.1 Å². The standard InChI is InChI=1S/C18H11N3O5S2/c22-16-15-14(12-7-11(21(25)26)5-6-13(12)28-15)19-18(27)20(16)8-9-1-3-10(4-2-9)17(23)24/h1-7H,8H2,(H,19,27)(H,23,24). The number of nitro groups is 1. The fourth-order valence-electron chi connectivity index (χ4n) is 2.94. The van der Waals surface area contributed by atoms with Crippen LogP contribution in [0.1, 0.15) is 15.9 Å². The van der Waals surface area contributed by atoms with Crippen LogP contribution in [0.5, 0.6) is 0 Å². The summed E-state index contributed by atoms with van der Waals surface area (Å²) in [7, 11) is 0. The lowest BCUT2D eigenvalue weighted by atomic mass is 10.1. The lowest BCUT2D eigenvalue weighted by molar-refractivity contribution is -0.384. The highest BCUT2D eigenvalue weighted by Gasteiger charge is 2.15. The number of hydrogen-bond donors (Lipinski definition) is 2. The molecule has 0 saturated carbocycles. The van der Waals surface area contributed by atoms with Gasteiger partial charge in [0.05, 0.1) is 22.5 Å². The average Bonchev–Trinajstić information content (AvgIpc) is 3.03. The third kappa shape index (κ3) is 2.98. The highest BCUT2D eigenvalue weighted by molar-refractivity contribution is 7.71. The number of nitrogens with one attached hydrogen (secondary N) is 1. The number of carboxylic acids is 1. The summed E-state index contributed by atoms with van der Waals surface area (Å²) in [6, 6.07) is 10.6. The molecule has 2 N–H and O–H groups in total. The van der Waals surface area contributed by atoms with Gasteiger partial charge in [-0.15, -0.1) is 11.3 Å². The summed E-state index contributed by atoms with van der Waals surface area (Å²) in [6.45, 7) is 0.179. The van der Waals surface area contributed by atoms with Gasteiger partial charge in [0.15, 0.2) is 4.77 Å². The number of carbonyl (C=O) groups is 1. The zero-order chi connectivity index (χ0) is 20.0. The number of non-ortho nitro benzene ring substituents is 1. The number of aromatic nitrogens is 2. The van der Waals surface area contributed by atoms with Gasteiger partial charge >= 0.3 is 5.97 Å². The minimum absolute atomic E-state index is 0.0609. The smallest absolute Gasteiger partial charge is 0.335 e. The maximum Gasteiger partial charge on any atom is 0.335 e. The molecule has 2 aromatic heterocycles. The number of aromatic carboxylic acids is 1. The third-order valence-electron chi connectivity index (χ3n) is 4.34. The highest BCUT2D eigenvalue weighted by Crippen LogP contribution is 2.33. The summed E-state index contributed by atoms with van der Waals surface area (Å²) in [4.78, 5) is 37.5. The summed E-state index contributed by atoms with van der Waals surface area (Å²) in [5.74, 6) is -1.03. The summed E-state index contributed by atoms with van der Waals surface area (Å²) in [5, 5.41) is 20.6. The van der Waals surface area contributed by atoms with E-state index in [1.165, 1.54) is 40.2 Å². The van der Waals surface area contributed by atoms with E-state index < -0.39 is 10.9 Å². The van der Waals surface area contributed by atoms with E-state index in [2.05, 4.69) is 4.98 Å². The fourth-order valence-corrected chi connectivity index (χ4v) is 4.28. The Kier molecular flexibility index (Phi) is 4.28. The van der Waals surface area contributed by atoms with Crippen LogP contribution in [0, 0.1) is 14.9 Å². The van der Waals surface area contributed by atoms with Crippen LogP contribution in [0.25, 0.3) is 20.3 Å². The van der Waals surface area contributed by atoms with Crippen LogP contribution in [0.2, 0.25) is 0 Å². The molecule has 0 aliphatic rings. The van der Waals surface area contributed by atoms with E-state index in [1.54, 1.807) is 18.2 Å². The number of benzene rings is 2. The van der Waals surface area contributed by atoms with Crippen LogP contribution >= 0.6 is 23.6 Å². The highest BCUT2D eigenvalue weighted by atomic mass is 32.1. The number of fused-ring (bicyclic) bond motifs is 3. The van der Waals surface area contributed by atoms with E-state index in [-0.39, 0.29) is 28.1 Å². The van der Waals surface area contributed by atoms with Crippen molar-refractivity contribution < 1.29 is 14.8 Å². The molecule has 0 aliphatic heterocycles. The van der Waals surface area contributed by atoms with Crippen molar-refractivity contribution in [3.63, 3.8) is 0 Å². The van der Waals surface area contributed by atoms with E-state index in [9.17, 15) is 19.7 Å². The molecule has 2 heterocycles. The van der Waals surface area contributed by atoms with Crippen LogP contribution in [-0.4, -0.2) is 25.6 Å². The van der Waals surface area contributed by atoms with Gasteiger partial charge in [-0.2, -0.15) is 0 Å². The van der Waals surface area contributed by atoms with Gasteiger partial charge in [0.2, 0.25) is 0 Å². The van der Waals surface area contributed by atoms with E-state index >= 15 is 0 Å². The molecule has 4 aromatic rings. The van der Waals surface area contributed by atoms with Crippen molar-refractivity contribution in [2.45, 2.75) is 6.54 Å². The molecule has 0 aliphatic carbocycles. The third-order valence-corrected chi connectivity index (χ3v) is 5.82. The molecule has 140 valence electrons. The zero-order valence-electron chi connectivity index (χ0n) is 14.0. The van der Waals surface area contributed by atoms with E-state index in [1.807, 2.05) is 0 Å². The number of H-pyrrole nitrogens is 1. The Labute approximate surface area is 165 Å². The average molecular weight is 413 g/mol. The number of rotatable bonds is 4. The molecule has 8 nitrogen and oxygen atoms in total. The van der Waals surface area contributed by atoms with Gasteiger partial charge in [0, 0.05) is 22.2 Å². The monoisotopic (exact) mass is 413 g/mol. The molecule has 28 heavy (non-hydrogen) atoms. The molecule has 10 heteroatoms. The molecular formula is C18H11N3O5S2. The Balaban J connectivity index is 1.85. The van der Waals surface area contributed by atoms with Crippen molar-refractivity contribution in [2.75, 3.05) is 0 Å². The Morgan fingerprint density at radius 1 is 1.25 bits per heavy atom. The first-order valence-corrected chi connectivity index (χ1v) is 9.23. The quantitative estimate of drug-likeness (QED) is 0.297. The number of aromatic amines is 1. The largest absolute Gasteiger partial charge is 0.478 e. The van der Waals surface area contributed by atoms with E-state index in [0.717, 1.165) is 10.3 Å². The lowest BCUT2D eigenvalue weighted by Crippen LogP contribution is -2.22. The van der Waals surface area contributed by atoms with Crippen molar-refractivity contribution in [1.82, 2.24) is 9.55 Å². The molecule has 0 bridgehead atoms. The second kappa shape index (κ2) is 6.66. The van der Waals surface area contributed by atoms with Crippen LogP contribution in [0.3, 0.4) is 0 Å². The van der Waals surface area contributed by atoms with E-state index in [0.29, 0.717) is 15.6 Å². The number of nitrogens with zero attached hydrogens (tertiary/aromatic N) is 2. The molecule has 0 fully saturated rings. The molecule has 0 spiro atoms. The van der Waals surface area contributed by atoms with Crippen molar-refractivity contribution >= 4 is 55.5 Å². The summed E-state index contributed by atoms with van der Waals surface area (Å²) in [5.41, 5.74) is 1.00. The number of carboxylic acid groups (broad SMARTS) is 1. The molecular weight excluding hydrogens is 402 g/mol. The van der Waals surface area contributed by atoms with Gasteiger partial charge in [0.25, 0.3) is 11.2 Å².